The summed E-state index contributed by atoms with van der Waals surface area (Å²) in [5.41, 5.74) is 0. The molecule has 2 heterocycles. The first kappa shape index (κ1) is 12.6. The Morgan fingerprint density at radius 1 is 1.41 bits per heavy atom. The Morgan fingerprint density at radius 2 is 2.06 bits per heavy atom. The molecule has 1 amide bonds. The normalized spacial score (nSPS) is 18.3. The van der Waals surface area contributed by atoms with Crippen molar-refractivity contribution in [1.29, 1.82) is 0 Å². The van der Waals surface area contributed by atoms with Gasteiger partial charge in [0, 0.05) is 19.3 Å². The monoisotopic (exact) mass is 273 g/mol. The van der Waals surface area contributed by atoms with Crippen LogP contribution >= 0.6 is 11.3 Å². The maximum absolute atomic E-state index is 12.0. The molecule has 0 spiro atoms. The zero-order valence-corrected chi connectivity index (χ0v) is 11.3. The first-order valence-electron chi connectivity index (χ1n) is 5.50. The second-order valence-corrected chi connectivity index (χ2v) is 7.57. The van der Waals surface area contributed by atoms with Crippen LogP contribution in [0.4, 0.5) is 0 Å². The molecular weight excluding hydrogens is 258 g/mol. The Balaban J connectivity index is 1.98. The maximum atomic E-state index is 12.0. The lowest BCUT2D eigenvalue weighted by atomic mass is 10.1. The minimum Gasteiger partial charge on any atom is -0.338 e. The highest BCUT2D eigenvalue weighted by atomic mass is 32.2. The summed E-state index contributed by atoms with van der Waals surface area (Å²) in [6.07, 6.45) is 2.38. The number of likely N-dealkylation sites (tertiary alicyclic amines) is 1. The zero-order chi connectivity index (χ0) is 12.5. The Morgan fingerprint density at radius 3 is 2.53 bits per heavy atom. The molecule has 1 saturated heterocycles. The number of nitrogens with zero attached hydrogens (tertiary/aromatic N) is 1. The molecule has 1 aromatic heterocycles. The van der Waals surface area contributed by atoms with Crippen molar-refractivity contribution < 1.29 is 13.2 Å². The van der Waals surface area contributed by atoms with Crippen LogP contribution < -0.4 is 0 Å². The summed E-state index contributed by atoms with van der Waals surface area (Å²) in [5, 5.41) is 1.59. The van der Waals surface area contributed by atoms with Crippen LogP contribution in [0.1, 0.15) is 22.5 Å². The van der Waals surface area contributed by atoms with Crippen LogP contribution in [0.5, 0.6) is 0 Å². The van der Waals surface area contributed by atoms with Gasteiger partial charge < -0.3 is 4.90 Å². The Labute approximate surface area is 105 Å². The van der Waals surface area contributed by atoms with Gasteiger partial charge in [-0.15, -0.1) is 11.3 Å². The molecule has 1 fully saturated rings. The molecule has 0 aliphatic carbocycles. The summed E-state index contributed by atoms with van der Waals surface area (Å²) in [6.45, 7) is 1.07. The fourth-order valence-corrected chi connectivity index (χ4v) is 3.80. The van der Waals surface area contributed by atoms with Gasteiger partial charge in [-0.05, 0) is 24.3 Å². The molecule has 0 atom stereocenters. The third kappa shape index (κ3) is 2.87. The standard InChI is InChI=1S/C11H15NO3S2/c1-17(14,15)9-4-6-12(7-5-9)11(13)10-3-2-8-16-10/h2-3,8-9H,4-7H2,1H3. The summed E-state index contributed by atoms with van der Waals surface area (Å²) < 4.78 is 22.8. The highest BCUT2D eigenvalue weighted by Gasteiger charge is 2.29. The average Bonchev–Trinajstić information content (AvgIpc) is 2.80. The van der Waals surface area contributed by atoms with Crippen molar-refractivity contribution in [2.45, 2.75) is 18.1 Å². The van der Waals surface area contributed by atoms with E-state index in [2.05, 4.69) is 0 Å². The van der Waals surface area contributed by atoms with Crippen molar-refractivity contribution in [3.8, 4) is 0 Å². The van der Waals surface area contributed by atoms with Gasteiger partial charge in [0.2, 0.25) is 0 Å². The van der Waals surface area contributed by atoms with Gasteiger partial charge in [-0.25, -0.2) is 8.42 Å². The lowest BCUT2D eigenvalue weighted by molar-refractivity contribution is 0.0730. The summed E-state index contributed by atoms with van der Waals surface area (Å²) in [6, 6.07) is 3.65. The quantitative estimate of drug-likeness (QED) is 0.818. The third-order valence-corrected chi connectivity index (χ3v) is 5.61. The Bertz CT molecular complexity index is 485. The highest BCUT2D eigenvalue weighted by Crippen LogP contribution is 2.20. The average molecular weight is 273 g/mol. The van der Waals surface area contributed by atoms with Gasteiger partial charge in [0.25, 0.3) is 5.91 Å². The van der Waals surface area contributed by atoms with Gasteiger partial charge in [0.05, 0.1) is 10.1 Å². The second kappa shape index (κ2) is 4.78. The molecular formula is C11H15NO3S2. The minimum atomic E-state index is -2.96. The molecule has 2 rings (SSSR count). The molecule has 0 N–H and O–H groups in total. The fourth-order valence-electron chi connectivity index (χ4n) is 2.04. The SMILES string of the molecule is CS(=O)(=O)C1CCN(C(=O)c2cccs2)CC1. The lowest BCUT2D eigenvalue weighted by Crippen LogP contribution is -2.42. The van der Waals surface area contributed by atoms with Crippen LogP contribution in [0.25, 0.3) is 0 Å². The number of rotatable bonds is 2. The first-order chi connectivity index (χ1) is 7.98. The number of piperidine rings is 1. The van der Waals surface area contributed by atoms with Crippen molar-refractivity contribution in [2.75, 3.05) is 19.3 Å². The predicted molar refractivity (Wildman–Crippen MR) is 68.1 cm³/mol. The van der Waals surface area contributed by atoms with Gasteiger partial charge in [-0.2, -0.15) is 0 Å². The Kier molecular flexibility index (Phi) is 3.53. The number of amides is 1. The number of sulfone groups is 1. The van der Waals surface area contributed by atoms with Crippen LogP contribution in [-0.4, -0.2) is 43.8 Å². The number of carbonyl (C=O) groups excluding carboxylic acids is 1. The molecule has 17 heavy (non-hydrogen) atoms. The summed E-state index contributed by atoms with van der Waals surface area (Å²) >= 11 is 1.42. The van der Waals surface area contributed by atoms with E-state index in [1.807, 2.05) is 11.4 Å². The maximum Gasteiger partial charge on any atom is 0.263 e. The van der Waals surface area contributed by atoms with Gasteiger partial charge in [-0.1, -0.05) is 6.07 Å². The van der Waals surface area contributed by atoms with Gasteiger partial charge in [0.1, 0.15) is 9.84 Å². The van der Waals surface area contributed by atoms with Gasteiger partial charge in [-0.3, -0.25) is 4.79 Å². The van der Waals surface area contributed by atoms with E-state index in [-0.39, 0.29) is 11.2 Å². The highest BCUT2D eigenvalue weighted by molar-refractivity contribution is 7.91. The number of hydrogen-bond donors (Lipinski definition) is 0. The molecule has 1 aliphatic heterocycles. The smallest absolute Gasteiger partial charge is 0.263 e. The van der Waals surface area contributed by atoms with E-state index >= 15 is 0 Å². The van der Waals surface area contributed by atoms with E-state index in [0.717, 1.165) is 4.88 Å². The number of carbonyl (C=O) groups is 1. The van der Waals surface area contributed by atoms with Crippen molar-refractivity contribution in [3.05, 3.63) is 22.4 Å². The molecule has 0 aromatic carbocycles. The molecule has 6 heteroatoms. The zero-order valence-electron chi connectivity index (χ0n) is 9.63. The first-order valence-corrected chi connectivity index (χ1v) is 8.33. The van der Waals surface area contributed by atoms with Gasteiger partial charge in [0.15, 0.2) is 0 Å². The van der Waals surface area contributed by atoms with Crippen molar-refractivity contribution in [2.24, 2.45) is 0 Å². The van der Waals surface area contributed by atoms with Crippen LogP contribution in [0.2, 0.25) is 0 Å². The largest absolute Gasteiger partial charge is 0.338 e. The molecule has 94 valence electrons. The molecule has 4 nitrogen and oxygen atoms in total. The van der Waals surface area contributed by atoms with E-state index in [4.69, 9.17) is 0 Å². The molecule has 1 aliphatic rings. The fraction of sp³-hybridized carbons (Fsp3) is 0.545. The van der Waals surface area contributed by atoms with Crippen LogP contribution in [0.15, 0.2) is 17.5 Å². The lowest BCUT2D eigenvalue weighted by Gasteiger charge is -2.30. The van der Waals surface area contributed by atoms with Gasteiger partial charge >= 0.3 is 0 Å². The van der Waals surface area contributed by atoms with Crippen molar-refractivity contribution >= 4 is 27.1 Å². The van der Waals surface area contributed by atoms with E-state index in [9.17, 15) is 13.2 Å². The topological polar surface area (TPSA) is 54.5 Å². The summed E-state index contributed by atoms with van der Waals surface area (Å²) in [5.74, 6) is 0.0203. The molecule has 0 bridgehead atoms. The molecule has 0 saturated carbocycles. The van der Waals surface area contributed by atoms with Crippen LogP contribution in [0.3, 0.4) is 0 Å². The summed E-state index contributed by atoms with van der Waals surface area (Å²) in [4.78, 5) is 14.5. The predicted octanol–water partition coefficient (Wildman–Crippen LogP) is 1.40. The van der Waals surface area contributed by atoms with Crippen molar-refractivity contribution in [1.82, 2.24) is 4.90 Å². The molecule has 0 radical (unpaired) electrons. The second-order valence-electron chi connectivity index (χ2n) is 4.30. The van der Waals surface area contributed by atoms with E-state index < -0.39 is 9.84 Å². The summed E-state index contributed by atoms with van der Waals surface area (Å²) in [7, 11) is -2.96. The van der Waals surface area contributed by atoms with E-state index in [1.165, 1.54) is 17.6 Å². The van der Waals surface area contributed by atoms with E-state index in [1.54, 1.807) is 11.0 Å². The van der Waals surface area contributed by atoms with E-state index in [0.29, 0.717) is 25.9 Å². The number of hydrogen-bond acceptors (Lipinski definition) is 4. The van der Waals surface area contributed by atoms with Crippen LogP contribution in [0, 0.1) is 0 Å². The minimum absolute atomic E-state index is 0.0203. The van der Waals surface area contributed by atoms with Crippen molar-refractivity contribution in [3.63, 3.8) is 0 Å². The van der Waals surface area contributed by atoms with Crippen LogP contribution in [-0.2, 0) is 9.84 Å². The Hall–Kier alpha value is -0.880. The molecule has 1 aromatic rings. The number of thiophene rings is 1. The molecule has 0 unspecified atom stereocenters. The third-order valence-electron chi connectivity index (χ3n) is 3.07.